The monoisotopic (exact) mass is 390 g/mol. The van der Waals surface area contributed by atoms with Crippen LogP contribution in [-0.4, -0.2) is 40.3 Å². The minimum atomic E-state index is -0.139. The maximum absolute atomic E-state index is 13.0. The van der Waals surface area contributed by atoms with Crippen LogP contribution in [0.2, 0.25) is 0 Å². The molecule has 1 fully saturated rings. The van der Waals surface area contributed by atoms with Crippen molar-refractivity contribution in [2.24, 2.45) is 0 Å². The molecule has 6 nitrogen and oxygen atoms in total. The van der Waals surface area contributed by atoms with Crippen molar-refractivity contribution < 1.29 is 9.53 Å². The highest BCUT2D eigenvalue weighted by atomic mass is 16.5. The van der Waals surface area contributed by atoms with Gasteiger partial charge in [-0.2, -0.15) is 5.10 Å². The highest BCUT2D eigenvalue weighted by molar-refractivity contribution is 5.95. The van der Waals surface area contributed by atoms with Crippen molar-refractivity contribution in [3.63, 3.8) is 0 Å². The number of anilines is 1. The first-order chi connectivity index (χ1) is 14.2. The Hall–Kier alpha value is -3.12. The Bertz CT molecular complexity index is 938. The van der Waals surface area contributed by atoms with E-state index in [1.807, 2.05) is 54.7 Å². The van der Waals surface area contributed by atoms with E-state index in [-0.39, 0.29) is 11.9 Å². The maximum atomic E-state index is 13.0. The van der Waals surface area contributed by atoms with Crippen molar-refractivity contribution in [3.8, 4) is 11.4 Å². The van der Waals surface area contributed by atoms with Crippen molar-refractivity contribution in [1.82, 2.24) is 14.7 Å². The number of nitrogens with zero attached hydrogens (tertiary/aromatic N) is 3. The Morgan fingerprint density at radius 1 is 1.14 bits per heavy atom. The largest absolute Gasteiger partial charge is 0.496 e. The van der Waals surface area contributed by atoms with Crippen LogP contribution in [0.3, 0.4) is 0 Å². The van der Waals surface area contributed by atoms with Gasteiger partial charge in [0.2, 0.25) is 5.91 Å². The summed E-state index contributed by atoms with van der Waals surface area (Å²) in [6.07, 6.45) is 6.68. The Balaban J connectivity index is 1.44. The molecule has 1 saturated heterocycles. The lowest BCUT2D eigenvalue weighted by Crippen LogP contribution is -2.46. The molecule has 0 aliphatic carbocycles. The number of para-hydroxylation sites is 1. The van der Waals surface area contributed by atoms with Gasteiger partial charge in [-0.05, 0) is 55.8 Å². The number of carbonyl (C=O) groups is 1. The fourth-order valence-corrected chi connectivity index (χ4v) is 3.87. The number of nitrogens with one attached hydrogen (secondary N) is 1. The van der Waals surface area contributed by atoms with Gasteiger partial charge in [0.15, 0.2) is 0 Å². The van der Waals surface area contributed by atoms with Crippen LogP contribution in [0.25, 0.3) is 5.69 Å². The number of amides is 1. The quantitative estimate of drug-likeness (QED) is 0.694. The van der Waals surface area contributed by atoms with Gasteiger partial charge in [0.25, 0.3) is 0 Å². The second-order valence-electron chi connectivity index (χ2n) is 7.28. The molecule has 0 radical (unpaired) electrons. The van der Waals surface area contributed by atoms with E-state index in [0.29, 0.717) is 6.54 Å². The third-order valence-electron chi connectivity index (χ3n) is 5.39. The average Bonchev–Trinajstić information content (AvgIpc) is 3.30. The predicted octanol–water partition coefficient (Wildman–Crippen LogP) is 3.87. The molecule has 150 valence electrons. The molecule has 0 spiro atoms. The summed E-state index contributed by atoms with van der Waals surface area (Å²) in [5.41, 5.74) is 2.87. The molecule has 1 atom stereocenters. The van der Waals surface area contributed by atoms with Gasteiger partial charge in [-0.3, -0.25) is 9.69 Å². The average molecular weight is 390 g/mol. The van der Waals surface area contributed by atoms with Crippen LogP contribution >= 0.6 is 0 Å². The lowest BCUT2D eigenvalue weighted by molar-refractivity contribution is -0.122. The van der Waals surface area contributed by atoms with Crippen molar-refractivity contribution in [2.75, 3.05) is 19.0 Å². The first-order valence-electron chi connectivity index (χ1n) is 10.0. The van der Waals surface area contributed by atoms with Crippen LogP contribution in [0.1, 0.15) is 24.8 Å². The van der Waals surface area contributed by atoms with Crippen molar-refractivity contribution in [3.05, 3.63) is 72.6 Å². The summed E-state index contributed by atoms with van der Waals surface area (Å²) >= 11 is 0. The Labute approximate surface area is 171 Å². The molecule has 2 aromatic carbocycles. The lowest BCUT2D eigenvalue weighted by atomic mass is 10.00. The highest BCUT2D eigenvalue weighted by Gasteiger charge is 2.29. The number of likely N-dealkylation sites (tertiary alicyclic amines) is 1. The zero-order valence-corrected chi connectivity index (χ0v) is 16.6. The fraction of sp³-hybridized carbons (Fsp3) is 0.304. The van der Waals surface area contributed by atoms with Crippen molar-refractivity contribution in [2.45, 2.75) is 31.8 Å². The molecule has 1 aliphatic heterocycles. The standard InChI is InChI=1S/C23H26N4O2/c1-29-22-9-3-2-7-18(22)17-26-15-5-4-8-21(26)23(28)25-19-10-12-20(13-11-19)27-16-6-14-24-27/h2-3,6-7,9-14,16,21H,4-5,8,15,17H2,1H3,(H,25,28). The number of piperidine rings is 1. The number of hydrogen-bond acceptors (Lipinski definition) is 4. The third kappa shape index (κ3) is 4.49. The van der Waals surface area contributed by atoms with Crippen molar-refractivity contribution >= 4 is 11.6 Å². The third-order valence-corrected chi connectivity index (χ3v) is 5.39. The van der Waals surface area contributed by atoms with Gasteiger partial charge in [-0.25, -0.2) is 4.68 Å². The van der Waals surface area contributed by atoms with Crippen LogP contribution in [0.15, 0.2) is 67.0 Å². The molecule has 3 aromatic rings. The Morgan fingerprint density at radius 2 is 1.97 bits per heavy atom. The summed E-state index contributed by atoms with van der Waals surface area (Å²) in [6, 6.07) is 17.5. The van der Waals surface area contributed by atoms with Gasteiger partial charge in [0.05, 0.1) is 18.8 Å². The van der Waals surface area contributed by atoms with E-state index in [4.69, 9.17) is 4.74 Å². The Kier molecular flexibility index (Phi) is 5.91. The molecule has 1 aromatic heterocycles. The minimum absolute atomic E-state index is 0.0476. The number of benzene rings is 2. The van der Waals surface area contributed by atoms with Crippen molar-refractivity contribution in [1.29, 1.82) is 0 Å². The van der Waals surface area contributed by atoms with E-state index in [0.717, 1.165) is 48.5 Å². The minimum Gasteiger partial charge on any atom is -0.496 e. The molecule has 1 aliphatic rings. The second-order valence-corrected chi connectivity index (χ2v) is 7.28. The lowest BCUT2D eigenvalue weighted by Gasteiger charge is -2.35. The SMILES string of the molecule is COc1ccccc1CN1CCCCC1C(=O)Nc1ccc(-n2cccn2)cc1. The molecule has 0 bridgehead atoms. The molecular formula is C23H26N4O2. The van der Waals surface area contributed by atoms with E-state index in [9.17, 15) is 4.79 Å². The zero-order chi connectivity index (χ0) is 20.1. The molecule has 1 unspecified atom stereocenters. The fourth-order valence-electron chi connectivity index (χ4n) is 3.87. The van der Waals surface area contributed by atoms with Gasteiger partial charge in [0.1, 0.15) is 5.75 Å². The summed E-state index contributed by atoms with van der Waals surface area (Å²) in [7, 11) is 1.69. The molecule has 1 N–H and O–H groups in total. The number of aromatic nitrogens is 2. The molecule has 29 heavy (non-hydrogen) atoms. The van der Waals surface area contributed by atoms with Crippen LogP contribution < -0.4 is 10.1 Å². The molecule has 2 heterocycles. The van der Waals surface area contributed by atoms with E-state index in [2.05, 4.69) is 21.4 Å². The Morgan fingerprint density at radius 3 is 2.72 bits per heavy atom. The molecular weight excluding hydrogens is 364 g/mol. The summed E-state index contributed by atoms with van der Waals surface area (Å²) in [5.74, 6) is 0.915. The number of carbonyl (C=O) groups excluding carboxylic acids is 1. The van der Waals surface area contributed by atoms with Crippen LogP contribution in [0.4, 0.5) is 5.69 Å². The molecule has 1 amide bonds. The molecule has 0 saturated carbocycles. The number of rotatable bonds is 6. The van der Waals surface area contributed by atoms with Crippen LogP contribution in [-0.2, 0) is 11.3 Å². The van der Waals surface area contributed by atoms with Gasteiger partial charge in [-0.1, -0.05) is 24.6 Å². The second kappa shape index (κ2) is 8.92. The number of ether oxygens (including phenoxy) is 1. The summed E-state index contributed by atoms with van der Waals surface area (Å²) in [6.45, 7) is 1.62. The van der Waals surface area contributed by atoms with E-state index >= 15 is 0 Å². The first kappa shape index (κ1) is 19.2. The molecule has 6 heteroatoms. The topological polar surface area (TPSA) is 59.4 Å². The van der Waals surface area contributed by atoms with Gasteiger partial charge >= 0.3 is 0 Å². The zero-order valence-electron chi connectivity index (χ0n) is 16.6. The summed E-state index contributed by atoms with van der Waals surface area (Å²) in [5, 5.41) is 7.31. The van der Waals surface area contributed by atoms with E-state index in [1.54, 1.807) is 18.0 Å². The van der Waals surface area contributed by atoms with E-state index in [1.165, 1.54) is 0 Å². The van der Waals surface area contributed by atoms with Crippen LogP contribution in [0, 0.1) is 0 Å². The maximum Gasteiger partial charge on any atom is 0.241 e. The number of methoxy groups -OCH3 is 1. The van der Waals surface area contributed by atoms with Crippen LogP contribution in [0.5, 0.6) is 5.75 Å². The normalized spacial score (nSPS) is 17.1. The first-order valence-corrected chi connectivity index (χ1v) is 10.0. The van der Waals surface area contributed by atoms with E-state index < -0.39 is 0 Å². The smallest absolute Gasteiger partial charge is 0.241 e. The summed E-state index contributed by atoms with van der Waals surface area (Å²) < 4.78 is 7.28. The molecule has 4 rings (SSSR count). The highest BCUT2D eigenvalue weighted by Crippen LogP contribution is 2.25. The predicted molar refractivity (Wildman–Crippen MR) is 113 cm³/mol. The van der Waals surface area contributed by atoms with Gasteiger partial charge in [0, 0.05) is 30.2 Å². The van der Waals surface area contributed by atoms with Gasteiger partial charge < -0.3 is 10.1 Å². The van der Waals surface area contributed by atoms with Gasteiger partial charge in [-0.15, -0.1) is 0 Å². The number of hydrogen-bond donors (Lipinski definition) is 1. The summed E-state index contributed by atoms with van der Waals surface area (Å²) in [4.78, 5) is 15.3.